The molecule has 0 saturated heterocycles. The number of rotatable bonds is 5. The van der Waals surface area contributed by atoms with Crippen LogP contribution in [0.1, 0.15) is 24.1 Å². The van der Waals surface area contributed by atoms with Crippen molar-refractivity contribution in [2.75, 3.05) is 7.11 Å². The summed E-state index contributed by atoms with van der Waals surface area (Å²) >= 11 is 0. The zero-order valence-electron chi connectivity index (χ0n) is 9.58. The molecule has 0 aliphatic carbocycles. The summed E-state index contributed by atoms with van der Waals surface area (Å²) in [5.74, 6) is 0. The maximum atomic E-state index is 10.8. The molecule has 0 saturated carbocycles. The number of benzene rings is 1. The van der Waals surface area contributed by atoms with E-state index < -0.39 is 17.0 Å². The second-order valence-corrected chi connectivity index (χ2v) is 3.56. The second kappa shape index (κ2) is 5.94. The Morgan fingerprint density at radius 3 is 2.82 bits per heavy atom. The van der Waals surface area contributed by atoms with Crippen LogP contribution in [0, 0.1) is 21.4 Å². The fourth-order valence-electron chi connectivity index (χ4n) is 1.50. The quantitative estimate of drug-likeness (QED) is 0.615. The molecule has 1 rings (SSSR count). The number of nitrogens with zero attached hydrogens (tertiary/aromatic N) is 2. The molecule has 1 aromatic carbocycles. The van der Waals surface area contributed by atoms with Gasteiger partial charge in [0.05, 0.1) is 18.7 Å². The topological polar surface area (TPSA) is 88.2 Å². The average Bonchev–Trinajstić information content (AvgIpc) is 2.35. The summed E-state index contributed by atoms with van der Waals surface area (Å²) in [5.41, 5.74) is 3.69. The monoisotopic (exact) mass is 235 g/mol. The predicted octanol–water partition coefficient (Wildman–Crippen LogP) is 1.42. The van der Waals surface area contributed by atoms with E-state index in [0.29, 0.717) is 11.1 Å². The first-order valence-corrected chi connectivity index (χ1v) is 5.02. The van der Waals surface area contributed by atoms with Crippen LogP contribution in [0.25, 0.3) is 0 Å². The Balaban J connectivity index is 3.05. The third kappa shape index (κ3) is 3.24. The largest absolute Gasteiger partial charge is 0.304 e. The van der Waals surface area contributed by atoms with Gasteiger partial charge in [0.15, 0.2) is 0 Å². The molecule has 90 valence electrons. The van der Waals surface area contributed by atoms with E-state index in [1.807, 2.05) is 6.07 Å². The van der Waals surface area contributed by atoms with Gasteiger partial charge in [-0.1, -0.05) is 12.1 Å². The Hall–Kier alpha value is -1.97. The van der Waals surface area contributed by atoms with Gasteiger partial charge in [0.25, 0.3) is 0 Å². The molecule has 0 aliphatic rings. The Kier molecular flexibility index (Phi) is 4.57. The van der Waals surface area contributed by atoms with Crippen LogP contribution in [0.5, 0.6) is 0 Å². The van der Waals surface area contributed by atoms with Gasteiger partial charge in [-0.25, -0.2) is 0 Å². The van der Waals surface area contributed by atoms with Crippen molar-refractivity contribution in [2.45, 2.75) is 19.0 Å². The third-order valence-corrected chi connectivity index (χ3v) is 2.43. The van der Waals surface area contributed by atoms with E-state index >= 15 is 0 Å². The van der Waals surface area contributed by atoms with Crippen molar-refractivity contribution in [1.29, 1.82) is 5.26 Å². The minimum Gasteiger partial charge on any atom is -0.304 e. The lowest BCUT2D eigenvalue weighted by atomic mass is 10.00. The molecule has 0 aromatic heterocycles. The summed E-state index contributed by atoms with van der Waals surface area (Å²) in [7, 11) is 1.40. The van der Waals surface area contributed by atoms with Crippen molar-refractivity contribution in [2.24, 2.45) is 0 Å². The fraction of sp³-hybridized carbons (Fsp3) is 0.364. The minimum atomic E-state index is -0.858. The highest BCUT2D eigenvalue weighted by atomic mass is 16.6. The van der Waals surface area contributed by atoms with Crippen LogP contribution in [-0.4, -0.2) is 18.1 Å². The van der Waals surface area contributed by atoms with E-state index in [2.05, 4.69) is 5.48 Å². The van der Waals surface area contributed by atoms with Crippen molar-refractivity contribution in [3.05, 3.63) is 45.5 Å². The highest BCUT2D eigenvalue weighted by molar-refractivity contribution is 5.34. The summed E-state index contributed by atoms with van der Waals surface area (Å²) in [6.07, 6.45) is 0. The maximum Gasteiger partial charge on any atom is 0.231 e. The molecule has 17 heavy (non-hydrogen) atoms. The summed E-state index contributed by atoms with van der Waals surface area (Å²) in [5, 5.41) is 19.6. The van der Waals surface area contributed by atoms with Crippen molar-refractivity contribution < 1.29 is 9.76 Å². The molecule has 0 fully saturated rings. The van der Waals surface area contributed by atoms with Crippen molar-refractivity contribution in [3.63, 3.8) is 0 Å². The number of nitrogens with one attached hydrogen (secondary N) is 1. The zero-order chi connectivity index (χ0) is 12.8. The smallest absolute Gasteiger partial charge is 0.231 e. The molecule has 1 N–H and O–H groups in total. The minimum absolute atomic E-state index is 0.393. The molecule has 6 nitrogen and oxygen atoms in total. The molecular formula is C11H13N3O3. The molecule has 0 heterocycles. The van der Waals surface area contributed by atoms with Gasteiger partial charge in [-0.05, 0) is 17.7 Å². The highest BCUT2D eigenvalue weighted by Crippen LogP contribution is 2.19. The first-order chi connectivity index (χ1) is 8.10. The summed E-state index contributed by atoms with van der Waals surface area (Å²) in [6.45, 7) is 1.48. The Morgan fingerprint density at radius 1 is 1.59 bits per heavy atom. The first-order valence-electron chi connectivity index (χ1n) is 5.02. The van der Waals surface area contributed by atoms with E-state index in [-0.39, 0.29) is 0 Å². The number of hydrogen-bond donors (Lipinski definition) is 1. The molecule has 0 spiro atoms. The molecule has 2 unspecified atom stereocenters. The van der Waals surface area contributed by atoms with Crippen LogP contribution in [0.15, 0.2) is 24.3 Å². The molecule has 0 aliphatic heterocycles. The zero-order valence-corrected chi connectivity index (χ0v) is 9.58. The summed E-state index contributed by atoms with van der Waals surface area (Å²) in [6, 6.07) is 7.20. The SMILES string of the molecule is CONC(c1cccc(C#N)c1)C(C)[N+](=O)[O-]. The van der Waals surface area contributed by atoms with Crippen molar-refractivity contribution in [3.8, 4) is 6.07 Å². The van der Waals surface area contributed by atoms with Crippen LogP contribution in [0.4, 0.5) is 0 Å². The van der Waals surface area contributed by atoms with E-state index in [0.717, 1.165) is 0 Å². The van der Waals surface area contributed by atoms with Gasteiger partial charge in [0, 0.05) is 11.8 Å². The van der Waals surface area contributed by atoms with Gasteiger partial charge in [0.1, 0.15) is 6.04 Å². The van der Waals surface area contributed by atoms with E-state index in [1.165, 1.54) is 14.0 Å². The van der Waals surface area contributed by atoms with Gasteiger partial charge in [0.2, 0.25) is 6.04 Å². The van der Waals surface area contributed by atoms with Gasteiger partial charge in [-0.15, -0.1) is 0 Å². The van der Waals surface area contributed by atoms with Crippen LogP contribution in [0.3, 0.4) is 0 Å². The standard InChI is InChI=1S/C11H13N3O3/c1-8(14(15)16)11(13-17-2)10-5-3-4-9(6-10)7-12/h3-6,8,11,13H,1-2H3. The summed E-state index contributed by atoms with van der Waals surface area (Å²) < 4.78 is 0. The number of hydrogen-bond acceptors (Lipinski definition) is 5. The maximum absolute atomic E-state index is 10.8. The van der Waals surface area contributed by atoms with Gasteiger partial charge in [-0.2, -0.15) is 10.7 Å². The average molecular weight is 235 g/mol. The Bertz CT molecular complexity index is 442. The van der Waals surface area contributed by atoms with E-state index in [9.17, 15) is 10.1 Å². The van der Waals surface area contributed by atoms with Crippen LogP contribution < -0.4 is 5.48 Å². The predicted molar refractivity (Wildman–Crippen MR) is 60.5 cm³/mol. The fourth-order valence-corrected chi connectivity index (χ4v) is 1.50. The lowest BCUT2D eigenvalue weighted by Crippen LogP contribution is -2.34. The molecule has 1 aromatic rings. The van der Waals surface area contributed by atoms with E-state index in [4.69, 9.17) is 10.1 Å². The Morgan fingerprint density at radius 2 is 2.29 bits per heavy atom. The first kappa shape index (κ1) is 13.1. The normalized spacial score (nSPS) is 13.7. The summed E-state index contributed by atoms with van der Waals surface area (Å²) in [4.78, 5) is 15.2. The third-order valence-electron chi connectivity index (χ3n) is 2.43. The van der Waals surface area contributed by atoms with Gasteiger partial charge >= 0.3 is 0 Å². The molecule has 0 bridgehead atoms. The molecule has 2 atom stereocenters. The lowest BCUT2D eigenvalue weighted by Gasteiger charge is -2.18. The van der Waals surface area contributed by atoms with Crippen molar-refractivity contribution in [1.82, 2.24) is 5.48 Å². The van der Waals surface area contributed by atoms with Crippen LogP contribution in [-0.2, 0) is 4.84 Å². The molecule has 6 heteroatoms. The number of hydroxylamine groups is 1. The van der Waals surface area contributed by atoms with Crippen LogP contribution >= 0.6 is 0 Å². The second-order valence-electron chi connectivity index (χ2n) is 3.56. The Labute approximate surface area is 98.9 Å². The van der Waals surface area contributed by atoms with Gasteiger partial charge < -0.3 is 4.84 Å². The molecule has 0 amide bonds. The van der Waals surface area contributed by atoms with Crippen LogP contribution in [0.2, 0.25) is 0 Å². The highest BCUT2D eigenvalue weighted by Gasteiger charge is 2.28. The molecule has 0 radical (unpaired) electrons. The number of nitro groups is 1. The lowest BCUT2D eigenvalue weighted by molar-refractivity contribution is -0.525. The van der Waals surface area contributed by atoms with Gasteiger partial charge in [-0.3, -0.25) is 10.1 Å². The molecular weight excluding hydrogens is 222 g/mol. The van der Waals surface area contributed by atoms with E-state index in [1.54, 1.807) is 24.3 Å². The number of nitriles is 1. The van der Waals surface area contributed by atoms with Crippen molar-refractivity contribution >= 4 is 0 Å².